The van der Waals surface area contributed by atoms with Gasteiger partial charge < -0.3 is 10.8 Å². The van der Waals surface area contributed by atoms with Crippen molar-refractivity contribution in [2.45, 2.75) is 6.92 Å². The van der Waals surface area contributed by atoms with Crippen LogP contribution in [-0.2, 0) is 0 Å². The molecule has 3 N–H and O–H groups in total. The molecule has 0 aliphatic carbocycles. The van der Waals surface area contributed by atoms with Gasteiger partial charge in [0.2, 0.25) is 0 Å². The van der Waals surface area contributed by atoms with Gasteiger partial charge in [-0.15, -0.1) is 0 Å². The molecular formula is C13H12N2O2. The lowest BCUT2D eigenvalue weighted by Gasteiger charge is -2.07. The van der Waals surface area contributed by atoms with Crippen LogP contribution in [0.4, 0.5) is 5.69 Å². The lowest BCUT2D eigenvalue weighted by atomic mass is 10.0. The fourth-order valence-corrected chi connectivity index (χ4v) is 1.62. The Bertz CT molecular complexity index is 562. The molecule has 17 heavy (non-hydrogen) atoms. The van der Waals surface area contributed by atoms with Gasteiger partial charge in [0, 0.05) is 11.8 Å². The normalized spacial score (nSPS) is 10.2. The minimum atomic E-state index is -0.932. The van der Waals surface area contributed by atoms with Crippen molar-refractivity contribution in [3.8, 4) is 11.1 Å². The molecule has 1 aromatic heterocycles. The fourth-order valence-electron chi connectivity index (χ4n) is 1.62. The average molecular weight is 228 g/mol. The maximum absolute atomic E-state index is 10.7. The summed E-state index contributed by atoms with van der Waals surface area (Å²) < 4.78 is 0. The van der Waals surface area contributed by atoms with E-state index in [0.29, 0.717) is 5.69 Å². The molecule has 0 amide bonds. The van der Waals surface area contributed by atoms with Gasteiger partial charge >= 0.3 is 5.97 Å². The first-order valence-electron chi connectivity index (χ1n) is 5.13. The number of aromatic carboxylic acids is 1. The van der Waals surface area contributed by atoms with E-state index >= 15 is 0 Å². The molecule has 4 nitrogen and oxygen atoms in total. The molecular weight excluding hydrogens is 216 g/mol. The van der Waals surface area contributed by atoms with Gasteiger partial charge in [-0.05, 0) is 30.2 Å². The van der Waals surface area contributed by atoms with Crippen LogP contribution in [0.2, 0.25) is 0 Å². The van der Waals surface area contributed by atoms with Crippen LogP contribution in [0.1, 0.15) is 15.9 Å². The van der Waals surface area contributed by atoms with Crippen molar-refractivity contribution in [1.29, 1.82) is 0 Å². The quantitative estimate of drug-likeness (QED) is 0.827. The Balaban J connectivity index is 2.47. The van der Waals surface area contributed by atoms with Crippen molar-refractivity contribution in [2.75, 3.05) is 5.73 Å². The Morgan fingerprint density at radius 3 is 2.47 bits per heavy atom. The van der Waals surface area contributed by atoms with E-state index in [9.17, 15) is 4.79 Å². The molecule has 0 aliphatic rings. The van der Waals surface area contributed by atoms with E-state index in [4.69, 9.17) is 10.8 Å². The van der Waals surface area contributed by atoms with Gasteiger partial charge in [-0.1, -0.05) is 12.1 Å². The first-order chi connectivity index (χ1) is 8.09. The summed E-state index contributed by atoms with van der Waals surface area (Å²) in [7, 11) is 0. The average Bonchev–Trinajstić information content (AvgIpc) is 2.33. The van der Waals surface area contributed by atoms with Gasteiger partial charge in [0.05, 0.1) is 17.4 Å². The van der Waals surface area contributed by atoms with Gasteiger partial charge in [0.1, 0.15) is 0 Å². The molecule has 0 atom stereocenters. The van der Waals surface area contributed by atoms with E-state index in [2.05, 4.69) is 4.98 Å². The molecule has 1 aromatic carbocycles. The minimum Gasteiger partial charge on any atom is -0.478 e. The number of hydrogen-bond donors (Lipinski definition) is 2. The van der Waals surface area contributed by atoms with Crippen LogP contribution in [-0.4, -0.2) is 16.1 Å². The minimum absolute atomic E-state index is 0.267. The molecule has 0 spiro atoms. The van der Waals surface area contributed by atoms with Crippen molar-refractivity contribution in [3.63, 3.8) is 0 Å². The number of benzene rings is 1. The second kappa shape index (κ2) is 4.25. The molecule has 0 aliphatic heterocycles. The molecule has 1 heterocycles. The highest BCUT2D eigenvalue weighted by Crippen LogP contribution is 2.25. The maximum atomic E-state index is 10.7. The smallest absolute Gasteiger partial charge is 0.335 e. The van der Waals surface area contributed by atoms with Crippen LogP contribution in [0.5, 0.6) is 0 Å². The molecule has 0 bridgehead atoms. The molecule has 0 saturated heterocycles. The summed E-state index contributed by atoms with van der Waals surface area (Å²) in [6, 6.07) is 6.65. The number of rotatable bonds is 2. The van der Waals surface area contributed by atoms with Gasteiger partial charge in [0.25, 0.3) is 0 Å². The molecule has 2 rings (SSSR count). The molecule has 0 fully saturated rings. The summed E-state index contributed by atoms with van der Waals surface area (Å²) in [5, 5.41) is 8.81. The number of hydrogen-bond acceptors (Lipinski definition) is 3. The number of nitrogens with two attached hydrogens (primary N) is 1. The van der Waals surface area contributed by atoms with Crippen molar-refractivity contribution in [3.05, 3.63) is 47.8 Å². The largest absolute Gasteiger partial charge is 0.478 e. The zero-order valence-corrected chi connectivity index (χ0v) is 9.34. The highest BCUT2D eigenvalue weighted by molar-refractivity contribution is 5.88. The molecule has 86 valence electrons. The van der Waals surface area contributed by atoms with Crippen LogP contribution in [0.3, 0.4) is 0 Å². The van der Waals surface area contributed by atoms with E-state index in [-0.39, 0.29) is 5.56 Å². The summed E-state index contributed by atoms with van der Waals surface area (Å²) >= 11 is 0. The third-order valence-electron chi connectivity index (χ3n) is 2.70. The van der Waals surface area contributed by atoms with E-state index in [1.165, 1.54) is 0 Å². The molecule has 4 heteroatoms. The van der Waals surface area contributed by atoms with Crippen LogP contribution >= 0.6 is 0 Å². The van der Waals surface area contributed by atoms with Crippen molar-refractivity contribution >= 4 is 11.7 Å². The summed E-state index contributed by atoms with van der Waals surface area (Å²) in [6.45, 7) is 1.91. The predicted octanol–water partition coefficient (Wildman–Crippen LogP) is 2.34. The highest BCUT2D eigenvalue weighted by atomic mass is 16.4. The predicted molar refractivity (Wildman–Crippen MR) is 65.8 cm³/mol. The third-order valence-corrected chi connectivity index (χ3v) is 2.70. The number of aromatic nitrogens is 1. The van der Waals surface area contributed by atoms with Gasteiger partial charge in [-0.2, -0.15) is 0 Å². The van der Waals surface area contributed by atoms with E-state index < -0.39 is 5.97 Å². The molecule has 0 radical (unpaired) electrons. The summed E-state index contributed by atoms with van der Waals surface area (Å²) in [6.07, 6.45) is 3.33. The Labute approximate surface area is 98.7 Å². The number of pyridine rings is 1. The standard InChI is InChI=1S/C13H12N2O2/c1-8-11(6-15-7-12(8)14)9-2-4-10(5-3-9)13(16)17/h2-7H,14H2,1H3,(H,16,17). The van der Waals surface area contributed by atoms with Gasteiger partial charge in [-0.25, -0.2) is 4.79 Å². The van der Waals surface area contributed by atoms with E-state index in [1.807, 2.05) is 6.92 Å². The van der Waals surface area contributed by atoms with E-state index in [1.54, 1.807) is 36.7 Å². The number of nitrogen functional groups attached to an aromatic ring is 1. The van der Waals surface area contributed by atoms with Crippen LogP contribution in [0.25, 0.3) is 11.1 Å². The second-order valence-electron chi connectivity index (χ2n) is 3.78. The van der Waals surface area contributed by atoms with Crippen molar-refractivity contribution in [1.82, 2.24) is 4.98 Å². The zero-order valence-electron chi connectivity index (χ0n) is 9.34. The summed E-state index contributed by atoms with van der Waals surface area (Å²) in [5.74, 6) is -0.932. The summed E-state index contributed by atoms with van der Waals surface area (Å²) in [5.41, 5.74) is 9.45. The fraction of sp³-hybridized carbons (Fsp3) is 0.0769. The van der Waals surface area contributed by atoms with Crippen molar-refractivity contribution in [2.24, 2.45) is 0 Å². The van der Waals surface area contributed by atoms with Crippen molar-refractivity contribution < 1.29 is 9.90 Å². The van der Waals surface area contributed by atoms with Gasteiger partial charge in [0.15, 0.2) is 0 Å². The maximum Gasteiger partial charge on any atom is 0.335 e. The molecule has 2 aromatic rings. The zero-order chi connectivity index (χ0) is 12.4. The van der Waals surface area contributed by atoms with Crippen LogP contribution in [0.15, 0.2) is 36.7 Å². The molecule has 0 unspecified atom stereocenters. The monoisotopic (exact) mass is 228 g/mol. The Morgan fingerprint density at radius 2 is 1.88 bits per heavy atom. The Hall–Kier alpha value is -2.36. The highest BCUT2D eigenvalue weighted by Gasteiger charge is 2.06. The first kappa shape index (κ1) is 11.1. The number of carboxylic acid groups (broad SMARTS) is 1. The number of nitrogens with zero attached hydrogens (tertiary/aromatic N) is 1. The molecule has 0 saturated carbocycles. The number of carbonyl (C=O) groups is 1. The van der Waals surface area contributed by atoms with Crippen LogP contribution in [0, 0.1) is 6.92 Å². The first-order valence-corrected chi connectivity index (χ1v) is 5.13. The van der Waals surface area contributed by atoms with Crippen LogP contribution < -0.4 is 5.73 Å². The lowest BCUT2D eigenvalue weighted by Crippen LogP contribution is -1.96. The lowest BCUT2D eigenvalue weighted by molar-refractivity contribution is 0.0697. The van der Waals surface area contributed by atoms with E-state index in [0.717, 1.165) is 16.7 Å². The Kier molecular flexibility index (Phi) is 2.78. The SMILES string of the molecule is Cc1c(N)cncc1-c1ccc(C(=O)O)cc1. The summed E-state index contributed by atoms with van der Waals surface area (Å²) in [4.78, 5) is 14.8. The Morgan fingerprint density at radius 1 is 1.24 bits per heavy atom. The third kappa shape index (κ3) is 2.10. The number of anilines is 1. The number of carboxylic acids is 1. The van der Waals surface area contributed by atoms with Gasteiger partial charge in [-0.3, -0.25) is 4.98 Å². The topological polar surface area (TPSA) is 76.2 Å². The second-order valence-corrected chi connectivity index (χ2v) is 3.78.